The number of guanidine groups is 1. The molecule has 4 rings (SSSR count). The fourth-order valence-electron chi connectivity index (χ4n) is 4.11. The lowest BCUT2D eigenvalue weighted by Gasteiger charge is -2.20. The number of rotatable bonds is 8. The SMILES string of the molecule is C[C@H](CN=C(NS(=O)(=O)c1ccc(Cl)cc1)N1C[C@@H](c2ccccc2)C(c2ccc(Cl)cc2)=N1)CS(N)(=O)=O. The van der Waals surface area contributed by atoms with Crippen LogP contribution in [-0.4, -0.2) is 52.4 Å². The highest BCUT2D eigenvalue weighted by Gasteiger charge is 2.33. The van der Waals surface area contributed by atoms with Gasteiger partial charge >= 0.3 is 0 Å². The molecule has 0 aliphatic carbocycles. The Labute approximate surface area is 238 Å². The Morgan fingerprint density at radius 2 is 1.59 bits per heavy atom. The Kier molecular flexibility index (Phi) is 8.97. The molecule has 39 heavy (non-hydrogen) atoms. The number of benzene rings is 3. The second-order valence-electron chi connectivity index (χ2n) is 9.20. The quantitative estimate of drug-likeness (QED) is 0.294. The lowest BCUT2D eigenvalue weighted by molar-refractivity contribution is 0.458. The highest BCUT2D eigenvalue weighted by atomic mass is 35.5. The summed E-state index contributed by atoms with van der Waals surface area (Å²) in [5, 5.41) is 12.4. The molecule has 1 heterocycles. The minimum absolute atomic E-state index is 0.00674. The van der Waals surface area contributed by atoms with Crippen molar-refractivity contribution in [1.29, 1.82) is 0 Å². The van der Waals surface area contributed by atoms with Crippen molar-refractivity contribution in [1.82, 2.24) is 9.73 Å². The Hall–Kier alpha value is -2.96. The molecule has 3 aromatic carbocycles. The second kappa shape index (κ2) is 12.1. The Balaban J connectivity index is 1.73. The molecule has 0 unspecified atom stereocenters. The molecule has 0 aromatic heterocycles. The van der Waals surface area contributed by atoms with Gasteiger partial charge in [-0.1, -0.05) is 72.6 Å². The van der Waals surface area contributed by atoms with Gasteiger partial charge in [-0.25, -0.2) is 31.7 Å². The zero-order valence-electron chi connectivity index (χ0n) is 20.9. The number of nitrogens with zero attached hydrogens (tertiary/aromatic N) is 3. The molecule has 206 valence electrons. The van der Waals surface area contributed by atoms with E-state index in [2.05, 4.69) is 9.71 Å². The van der Waals surface area contributed by atoms with Crippen LogP contribution in [-0.2, 0) is 20.0 Å². The minimum atomic E-state index is -4.08. The van der Waals surface area contributed by atoms with Gasteiger partial charge in [0.05, 0.1) is 22.9 Å². The smallest absolute Gasteiger partial charge is 0.250 e. The van der Waals surface area contributed by atoms with E-state index in [9.17, 15) is 16.8 Å². The number of aliphatic imine (C=N–C) groups is 1. The van der Waals surface area contributed by atoms with Gasteiger partial charge in [-0.15, -0.1) is 0 Å². The maximum Gasteiger partial charge on any atom is 0.264 e. The van der Waals surface area contributed by atoms with Crippen LogP contribution in [0.5, 0.6) is 0 Å². The molecule has 1 aliphatic rings. The first-order valence-electron chi connectivity index (χ1n) is 11.9. The first-order chi connectivity index (χ1) is 18.4. The molecule has 1 aliphatic heterocycles. The number of sulfonamides is 2. The average Bonchev–Trinajstić information content (AvgIpc) is 3.32. The number of hydrogen-bond acceptors (Lipinski definition) is 6. The zero-order chi connectivity index (χ0) is 28.2. The summed E-state index contributed by atoms with van der Waals surface area (Å²) in [4.78, 5) is 4.45. The molecule has 0 fully saturated rings. The molecule has 2 atom stereocenters. The van der Waals surface area contributed by atoms with Crippen molar-refractivity contribution in [2.24, 2.45) is 21.2 Å². The van der Waals surface area contributed by atoms with E-state index in [1.807, 2.05) is 42.5 Å². The van der Waals surface area contributed by atoms with Crippen molar-refractivity contribution in [2.45, 2.75) is 17.7 Å². The lowest BCUT2D eigenvalue weighted by atomic mass is 9.91. The summed E-state index contributed by atoms with van der Waals surface area (Å²) in [5.74, 6) is -1.03. The molecule has 13 heteroatoms. The van der Waals surface area contributed by atoms with Gasteiger partial charge < -0.3 is 0 Å². The second-order valence-corrected chi connectivity index (χ2v) is 13.4. The van der Waals surface area contributed by atoms with Gasteiger partial charge in [0.25, 0.3) is 10.0 Å². The Morgan fingerprint density at radius 3 is 2.18 bits per heavy atom. The molecule has 9 nitrogen and oxygen atoms in total. The predicted molar refractivity (Wildman–Crippen MR) is 155 cm³/mol. The maximum atomic E-state index is 13.3. The van der Waals surface area contributed by atoms with Gasteiger partial charge in [-0.3, -0.25) is 4.99 Å². The van der Waals surface area contributed by atoms with Crippen LogP contribution in [0.15, 0.2) is 93.9 Å². The van der Waals surface area contributed by atoms with Gasteiger partial charge in [0, 0.05) is 22.5 Å². The third-order valence-corrected chi connectivity index (χ3v) is 8.80. The minimum Gasteiger partial charge on any atom is -0.250 e. The zero-order valence-corrected chi connectivity index (χ0v) is 24.1. The molecule has 0 radical (unpaired) electrons. The lowest BCUT2D eigenvalue weighted by Crippen LogP contribution is -2.41. The number of halogens is 2. The summed E-state index contributed by atoms with van der Waals surface area (Å²) in [5.41, 5.74) is 2.50. The Bertz CT molecular complexity index is 1580. The maximum absolute atomic E-state index is 13.3. The van der Waals surface area contributed by atoms with E-state index in [1.54, 1.807) is 19.1 Å². The van der Waals surface area contributed by atoms with Crippen LogP contribution in [0.4, 0.5) is 0 Å². The number of hydrogen-bond donors (Lipinski definition) is 2. The Morgan fingerprint density at radius 1 is 1.00 bits per heavy atom. The van der Waals surface area contributed by atoms with Crippen molar-refractivity contribution < 1.29 is 16.8 Å². The van der Waals surface area contributed by atoms with Gasteiger partial charge in [0.1, 0.15) is 0 Å². The standard InChI is InChI=1S/C26H27Cl2N5O4S2/c1-18(17-38(29,34)35)15-30-26(32-39(36,37)23-13-11-22(28)12-14-23)33-16-24(19-5-3-2-4-6-19)25(31-33)20-7-9-21(27)10-8-20/h2-14,18,24H,15-17H2,1H3,(H,30,32)(H2,29,34,35)/t18-,24+/m1/s1. The molecule has 0 saturated heterocycles. The summed E-state index contributed by atoms with van der Waals surface area (Å²) < 4.78 is 52.3. The van der Waals surface area contributed by atoms with Crippen LogP contribution in [0.1, 0.15) is 24.0 Å². The normalized spacial score (nSPS) is 17.1. The van der Waals surface area contributed by atoms with Crippen molar-refractivity contribution in [2.75, 3.05) is 18.8 Å². The van der Waals surface area contributed by atoms with Crippen molar-refractivity contribution in [3.8, 4) is 0 Å². The molecular weight excluding hydrogens is 581 g/mol. The number of hydrazone groups is 1. The topological polar surface area (TPSA) is 134 Å². The first-order valence-corrected chi connectivity index (χ1v) is 15.9. The number of nitrogens with two attached hydrogens (primary N) is 1. The fraction of sp³-hybridized carbons (Fsp3) is 0.231. The van der Waals surface area contributed by atoms with Crippen LogP contribution < -0.4 is 9.86 Å². The number of primary sulfonamides is 1. The van der Waals surface area contributed by atoms with Crippen LogP contribution in [0.3, 0.4) is 0 Å². The average molecular weight is 609 g/mol. The van der Waals surface area contributed by atoms with E-state index >= 15 is 0 Å². The molecule has 3 aromatic rings. The van der Waals surface area contributed by atoms with E-state index < -0.39 is 26.0 Å². The van der Waals surface area contributed by atoms with Crippen LogP contribution in [0, 0.1) is 5.92 Å². The van der Waals surface area contributed by atoms with E-state index in [4.69, 9.17) is 33.4 Å². The highest BCUT2D eigenvalue weighted by molar-refractivity contribution is 7.90. The summed E-state index contributed by atoms with van der Waals surface area (Å²) in [6.07, 6.45) is 0. The van der Waals surface area contributed by atoms with Gasteiger partial charge in [-0.2, -0.15) is 5.10 Å². The van der Waals surface area contributed by atoms with Crippen molar-refractivity contribution in [3.63, 3.8) is 0 Å². The largest absolute Gasteiger partial charge is 0.264 e. The summed E-state index contributed by atoms with van der Waals surface area (Å²) >= 11 is 12.0. The summed E-state index contributed by atoms with van der Waals surface area (Å²) in [7, 11) is -7.82. The number of nitrogens with one attached hydrogen (secondary N) is 1. The summed E-state index contributed by atoms with van der Waals surface area (Å²) in [6, 6.07) is 22.6. The highest BCUT2D eigenvalue weighted by Crippen LogP contribution is 2.30. The van der Waals surface area contributed by atoms with E-state index in [0.717, 1.165) is 11.1 Å². The van der Waals surface area contributed by atoms with Crippen LogP contribution >= 0.6 is 23.2 Å². The summed E-state index contributed by atoms with van der Waals surface area (Å²) in [6.45, 7) is 1.94. The molecule has 0 saturated carbocycles. The molecule has 0 bridgehead atoms. The van der Waals surface area contributed by atoms with Crippen LogP contribution in [0.25, 0.3) is 0 Å². The first kappa shape index (κ1) is 29.0. The third kappa shape index (κ3) is 7.80. The van der Waals surface area contributed by atoms with Gasteiger partial charge in [0.15, 0.2) is 0 Å². The fourth-order valence-corrected chi connectivity index (χ4v) is 6.29. The molecule has 0 spiro atoms. The van der Waals surface area contributed by atoms with Crippen LogP contribution in [0.2, 0.25) is 10.0 Å². The predicted octanol–water partition coefficient (Wildman–Crippen LogP) is 4.06. The van der Waals surface area contributed by atoms with Crippen molar-refractivity contribution >= 4 is 54.9 Å². The van der Waals surface area contributed by atoms with Gasteiger partial charge in [-0.05, 0) is 53.4 Å². The molecule has 0 amide bonds. The van der Waals surface area contributed by atoms with Gasteiger partial charge in [0.2, 0.25) is 16.0 Å². The van der Waals surface area contributed by atoms with E-state index in [0.29, 0.717) is 15.8 Å². The van der Waals surface area contributed by atoms with Crippen molar-refractivity contribution in [3.05, 3.63) is 100 Å². The van der Waals surface area contributed by atoms with E-state index in [1.165, 1.54) is 29.3 Å². The molecular formula is C26H27Cl2N5O4S2. The molecule has 3 N–H and O–H groups in total. The van der Waals surface area contributed by atoms with E-state index in [-0.39, 0.29) is 35.6 Å². The third-order valence-electron chi connectivity index (χ3n) is 5.92. The monoisotopic (exact) mass is 607 g/mol.